The summed E-state index contributed by atoms with van der Waals surface area (Å²) >= 11 is 0. The molecule has 0 saturated heterocycles. The van der Waals surface area contributed by atoms with E-state index in [1.807, 2.05) is 60.7 Å². The fourth-order valence-electron chi connectivity index (χ4n) is 4.99. The van der Waals surface area contributed by atoms with E-state index in [0.717, 1.165) is 11.1 Å². The normalized spacial score (nSPS) is 13.1. The molecule has 37 heavy (non-hydrogen) atoms. The predicted octanol–water partition coefficient (Wildman–Crippen LogP) is 2.02. The summed E-state index contributed by atoms with van der Waals surface area (Å²) < 4.78 is 48.7. The molecule has 0 aliphatic rings. The van der Waals surface area contributed by atoms with Gasteiger partial charge < -0.3 is 0 Å². The van der Waals surface area contributed by atoms with E-state index in [0.29, 0.717) is 10.6 Å². The molecule has 0 N–H and O–H groups in total. The molecule has 4 rings (SSSR count). The van der Waals surface area contributed by atoms with Gasteiger partial charge in [-0.3, -0.25) is 0 Å². The zero-order valence-electron chi connectivity index (χ0n) is 20.3. The minimum absolute atomic E-state index is 0.0389. The van der Waals surface area contributed by atoms with Gasteiger partial charge in [-0.05, 0) is 0 Å². The second-order valence-corrected chi connectivity index (χ2v) is 14.7. The Balaban J connectivity index is 2.12. The molecule has 0 aliphatic carbocycles. The fourth-order valence-corrected chi connectivity index (χ4v) is 12.5. The Morgan fingerprint density at radius 2 is 1.08 bits per heavy atom. The summed E-state index contributed by atoms with van der Waals surface area (Å²) in [5.41, 5.74) is 1.78. The van der Waals surface area contributed by atoms with E-state index in [4.69, 9.17) is 8.81 Å². The molecule has 0 atom stereocenters. The Bertz CT molecular complexity index is 1220. The molecule has 0 amide bonds. The number of rotatable bonds is 10. The molecule has 0 aliphatic heterocycles. The maximum absolute atomic E-state index is 13.2. The van der Waals surface area contributed by atoms with E-state index in [1.54, 1.807) is 60.7 Å². The number of hydrogen-bond acceptors (Lipinski definition) is 6. The van der Waals surface area contributed by atoms with Crippen molar-refractivity contribution >= 4 is 23.4 Å². The van der Waals surface area contributed by atoms with E-state index in [1.165, 1.54) is 7.11 Å². The monoisotopic (exact) mass is 538 g/mol. The molecule has 4 aromatic carbocycles. The molecule has 6 nitrogen and oxygen atoms in total. The second kappa shape index (κ2) is 11.1. The van der Waals surface area contributed by atoms with Crippen LogP contribution in [0.1, 0.15) is 17.0 Å². The molecule has 0 unspecified atom stereocenters. The first kappa shape index (κ1) is 27.0. The van der Waals surface area contributed by atoms with Gasteiger partial charge >= 0.3 is 219 Å². The molecule has 0 bridgehead atoms. The van der Waals surface area contributed by atoms with Crippen molar-refractivity contribution in [2.24, 2.45) is 0 Å². The van der Waals surface area contributed by atoms with Crippen LogP contribution in [0.2, 0.25) is 0 Å². The van der Waals surface area contributed by atoms with E-state index in [2.05, 4.69) is 0 Å². The van der Waals surface area contributed by atoms with Crippen molar-refractivity contribution in [3.05, 3.63) is 132 Å². The fraction of sp³-hybridized carbons (Fsp3) is 0.138. The molecule has 0 fully saturated rings. The number of halogens is 1. The van der Waals surface area contributed by atoms with Crippen molar-refractivity contribution in [3.63, 3.8) is 0 Å². The van der Waals surface area contributed by atoms with Crippen molar-refractivity contribution < 1.29 is 37.8 Å². The third-order valence-corrected chi connectivity index (χ3v) is 13.7. The van der Waals surface area contributed by atoms with Crippen LogP contribution < -0.4 is 24.6 Å². The Hall–Kier alpha value is -3.09. The third-order valence-electron chi connectivity index (χ3n) is 6.63. The Labute approximate surface area is 218 Å². The summed E-state index contributed by atoms with van der Waals surface area (Å²) in [6.45, 7) is -4.66. The Morgan fingerprint density at radius 3 is 1.43 bits per heavy atom. The molecule has 0 spiro atoms. The van der Waals surface area contributed by atoms with Crippen LogP contribution >= 0.6 is 6.83 Å². The summed E-state index contributed by atoms with van der Waals surface area (Å²) in [7, 11) is -3.73. The SMILES string of the molecule is COC(=O)CP(CC(c1ccccc1)c1ccccc1)(O[Cl+3]([O-])([O-])[O-])(c1ccccc1)c1ccccc1. The van der Waals surface area contributed by atoms with Crippen molar-refractivity contribution in [1.82, 2.24) is 0 Å². The predicted molar refractivity (Wildman–Crippen MR) is 137 cm³/mol. The molecule has 0 radical (unpaired) electrons. The molecule has 8 heteroatoms. The molecule has 192 valence electrons. The van der Waals surface area contributed by atoms with Gasteiger partial charge in [0.05, 0.1) is 0 Å². The zero-order valence-corrected chi connectivity index (χ0v) is 22.0. The number of hydrogen-bond donors (Lipinski definition) is 0. The number of esters is 1. The molecule has 4 aromatic rings. The first-order valence-electron chi connectivity index (χ1n) is 11.7. The van der Waals surface area contributed by atoms with E-state index < -0.39 is 35.1 Å². The number of benzene rings is 4. The summed E-state index contributed by atoms with van der Waals surface area (Å²) in [5, 5.41) is 0.933. The van der Waals surface area contributed by atoms with Crippen LogP contribution in [0.5, 0.6) is 0 Å². The van der Waals surface area contributed by atoms with Crippen LogP contribution in [0.3, 0.4) is 0 Å². The van der Waals surface area contributed by atoms with E-state index in [-0.39, 0.29) is 6.16 Å². The van der Waals surface area contributed by atoms with Gasteiger partial charge in [0.2, 0.25) is 0 Å². The van der Waals surface area contributed by atoms with Gasteiger partial charge in [0.1, 0.15) is 0 Å². The number of methoxy groups -OCH3 is 1. The topological polar surface area (TPSA) is 105 Å². The molecule has 0 saturated carbocycles. The van der Waals surface area contributed by atoms with Gasteiger partial charge in [0.25, 0.3) is 0 Å². The van der Waals surface area contributed by atoms with Gasteiger partial charge in [-0.25, -0.2) is 0 Å². The number of ether oxygens (including phenoxy) is 1. The van der Waals surface area contributed by atoms with Crippen LogP contribution in [-0.2, 0) is 13.6 Å². The van der Waals surface area contributed by atoms with Gasteiger partial charge in [-0.15, -0.1) is 0 Å². The summed E-state index contributed by atoms with van der Waals surface area (Å²) in [4.78, 5) is 13.2. The molecule has 0 heterocycles. The maximum atomic E-state index is 13.2. The Morgan fingerprint density at radius 1 is 0.703 bits per heavy atom. The Kier molecular flexibility index (Phi) is 8.10. The van der Waals surface area contributed by atoms with Crippen molar-refractivity contribution in [1.29, 1.82) is 0 Å². The first-order valence-corrected chi connectivity index (χ1v) is 15.4. The molecule has 0 aromatic heterocycles. The average molecular weight is 539 g/mol. The quantitative estimate of drug-likeness (QED) is 0.226. The third kappa shape index (κ3) is 5.76. The van der Waals surface area contributed by atoms with Crippen LogP contribution in [0.15, 0.2) is 121 Å². The van der Waals surface area contributed by atoms with Gasteiger partial charge in [-0.1, -0.05) is 0 Å². The average Bonchev–Trinajstić information content (AvgIpc) is 2.93. The molecular weight excluding hydrogens is 511 g/mol. The summed E-state index contributed by atoms with van der Waals surface area (Å²) in [5.74, 6) is -1.09. The van der Waals surface area contributed by atoms with Crippen LogP contribution in [-0.4, -0.2) is 25.4 Å². The van der Waals surface area contributed by atoms with E-state index in [9.17, 15) is 18.8 Å². The standard InChI is InChI=1S/C29H28ClO6P/c1-35-29(31)23-37(36-30(32,33)34,26-18-10-4-11-19-26,27-20-12-5-13-21-27)22-28(24-14-6-2-7-15-24)25-16-8-3-9-17-25/h2-21,28H,22-23H2,1H3. The minimum atomic E-state index is -4.96. The van der Waals surface area contributed by atoms with Crippen LogP contribution in [0.25, 0.3) is 0 Å². The first-order chi connectivity index (χ1) is 17.8. The van der Waals surface area contributed by atoms with Crippen molar-refractivity contribution in [2.45, 2.75) is 5.92 Å². The van der Waals surface area contributed by atoms with Gasteiger partial charge in [-0.2, -0.15) is 0 Å². The van der Waals surface area contributed by atoms with Gasteiger partial charge in [0, 0.05) is 0 Å². The van der Waals surface area contributed by atoms with Crippen LogP contribution in [0, 0.1) is 10.2 Å². The zero-order chi connectivity index (χ0) is 26.4. The number of carbonyl (C=O) groups is 1. The summed E-state index contributed by atoms with van der Waals surface area (Å²) in [6, 6.07) is 36.6. The number of carbonyl (C=O) groups excluding carboxylic acids is 1. The van der Waals surface area contributed by atoms with Crippen molar-refractivity contribution in [2.75, 3.05) is 19.4 Å². The van der Waals surface area contributed by atoms with E-state index >= 15 is 0 Å². The van der Waals surface area contributed by atoms with Crippen molar-refractivity contribution in [3.8, 4) is 0 Å². The summed E-state index contributed by atoms with van der Waals surface area (Å²) in [6.07, 6.45) is -0.391. The molecular formula is C29H28ClO6P. The van der Waals surface area contributed by atoms with Crippen LogP contribution in [0.4, 0.5) is 0 Å². The second-order valence-electron chi connectivity index (χ2n) is 8.82. The van der Waals surface area contributed by atoms with Gasteiger partial charge in [0.15, 0.2) is 0 Å².